The molecule has 0 spiro atoms. The van der Waals surface area contributed by atoms with Gasteiger partial charge in [-0.1, -0.05) is 24.3 Å². The van der Waals surface area contributed by atoms with Crippen LogP contribution in [-0.2, 0) is 4.79 Å². The minimum atomic E-state index is -0.183. The number of rotatable bonds is 1. The lowest BCUT2D eigenvalue weighted by molar-refractivity contribution is -0.119. The Morgan fingerprint density at radius 2 is 2.31 bits per heavy atom. The van der Waals surface area contributed by atoms with E-state index in [-0.39, 0.29) is 11.8 Å². The maximum atomic E-state index is 11.4. The van der Waals surface area contributed by atoms with Crippen LogP contribution in [0.1, 0.15) is 0 Å². The van der Waals surface area contributed by atoms with Crippen LogP contribution in [0.25, 0.3) is 0 Å². The van der Waals surface area contributed by atoms with Crippen molar-refractivity contribution in [3.63, 3.8) is 0 Å². The lowest BCUT2D eigenvalue weighted by Crippen LogP contribution is -2.20. The van der Waals surface area contributed by atoms with Crippen LogP contribution in [0.5, 0.6) is 0 Å². The summed E-state index contributed by atoms with van der Waals surface area (Å²) in [5, 5.41) is 0. The predicted molar refractivity (Wildman–Crippen MR) is 53.0 cm³/mol. The third kappa shape index (κ3) is 1.49. The fraction of sp³-hybridized carbons (Fsp3) is 0.200. The highest BCUT2D eigenvalue weighted by Gasteiger charge is 2.23. The molecule has 66 valence electrons. The third-order valence-electron chi connectivity index (χ3n) is 2.05. The summed E-state index contributed by atoms with van der Waals surface area (Å²) in [5.41, 5.74) is 1.64. The standard InChI is InChI=1S/C10H8ClNO/c11-6-8-5-7-3-1-2-4-9(7)10(13)12-8/h1-5,9H,6H2. The number of hydrogen-bond acceptors (Lipinski definition) is 1. The average molecular weight is 194 g/mol. The number of aliphatic imine (C=N–C) groups is 1. The van der Waals surface area contributed by atoms with Crippen LogP contribution in [0.4, 0.5) is 0 Å². The molecule has 2 rings (SSSR count). The number of halogens is 1. The van der Waals surface area contributed by atoms with E-state index in [4.69, 9.17) is 11.6 Å². The molecule has 1 aliphatic heterocycles. The van der Waals surface area contributed by atoms with Gasteiger partial charge >= 0.3 is 0 Å². The number of fused-ring (bicyclic) bond motifs is 1. The Morgan fingerprint density at radius 1 is 1.46 bits per heavy atom. The van der Waals surface area contributed by atoms with Crippen LogP contribution in [-0.4, -0.2) is 17.5 Å². The molecule has 2 aliphatic rings. The minimum Gasteiger partial charge on any atom is -0.272 e. The maximum Gasteiger partial charge on any atom is 0.257 e. The zero-order valence-electron chi connectivity index (χ0n) is 6.90. The van der Waals surface area contributed by atoms with Crippen molar-refractivity contribution in [3.8, 4) is 0 Å². The summed E-state index contributed by atoms with van der Waals surface area (Å²) >= 11 is 5.61. The number of amides is 1. The third-order valence-corrected chi connectivity index (χ3v) is 2.33. The maximum absolute atomic E-state index is 11.4. The van der Waals surface area contributed by atoms with E-state index < -0.39 is 0 Å². The fourth-order valence-electron chi connectivity index (χ4n) is 1.42. The molecule has 0 saturated carbocycles. The molecule has 3 heteroatoms. The lowest BCUT2D eigenvalue weighted by Gasteiger charge is -2.17. The van der Waals surface area contributed by atoms with Crippen LogP contribution in [0.15, 0.2) is 40.9 Å². The predicted octanol–water partition coefficient (Wildman–Crippen LogP) is 1.88. The molecule has 2 nitrogen and oxygen atoms in total. The Kier molecular flexibility index (Phi) is 2.15. The van der Waals surface area contributed by atoms with Gasteiger partial charge in [0.05, 0.1) is 17.5 Å². The van der Waals surface area contributed by atoms with Gasteiger partial charge in [0.2, 0.25) is 0 Å². The summed E-state index contributed by atoms with van der Waals surface area (Å²) in [6, 6.07) is 0. The molecule has 0 fully saturated rings. The van der Waals surface area contributed by atoms with E-state index in [9.17, 15) is 4.79 Å². The van der Waals surface area contributed by atoms with Crippen molar-refractivity contribution in [1.82, 2.24) is 0 Å². The second kappa shape index (κ2) is 3.30. The zero-order chi connectivity index (χ0) is 9.26. The van der Waals surface area contributed by atoms with Gasteiger partial charge in [-0.05, 0) is 11.6 Å². The van der Waals surface area contributed by atoms with E-state index in [2.05, 4.69) is 4.99 Å². The number of dihydropyridines is 1. The Bertz CT molecular complexity index is 363. The van der Waals surface area contributed by atoms with Crippen molar-refractivity contribution < 1.29 is 4.79 Å². The molecule has 13 heavy (non-hydrogen) atoms. The Balaban J connectivity index is 2.39. The van der Waals surface area contributed by atoms with Crippen molar-refractivity contribution in [2.75, 3.05) is 5.88 Å². The summed E-state index contributed by atoms with van der Waals surface area (Å²) in [6.07, 6.45) is 9.42. The number of carbonyl (C=O) groups is 1. The minimum absolute atomic E-state index is 0.117. The van der Waals surface area contributed by atoms with E-state index in [1.807, 2.05) is 30.4 Å². The second-order valence-corrected chi connectivity index (χ2v) is 3.21. The average Bonchev–Trinajstić information content (AvgIpc) is 2.18. The van der Waals surface area contributed by atoms with Crippen LogP contribution in [0, 0.1) is 5.92 Å². The van der Waals surface area contributed by atoms with E-state index in [1.165, 1.54) is 0 Å². The van der Waals surface area contributed by atoms with Gasteiger partial charge in [0.1, 0.15) is 0 Å². The van der Waals surface area contributed by atoms with Crippen molar-refractivity contribution >= 4 is 23.2 Å². The van der Waals surface area contributed by atoms with Crippen molar-refractivity contribution in [1.29, 1.82) is 0 Å². The highest BCUT2D eigenvalue weighted by Crippen LogP contribution is 2.23. The monoisotopic (exact) mass is 193 g/mol. The van der Waals surface area contributed by atoms with Crippen molar-refractivity contribution in [2.24, 2.45) is 10.9 Å². The molecule has 0 N–H and O–H groups in total. The van der Waals surface area contributed by atoms with Crippen LogP contribution in [0.3, 0.4) is 0 Å². The molecule has 0 radical (unpaired) electrons. The Labute approximate surface area is 81.3 Å². The van der Waals surface area contributed by atoms with Crippen molar-refractivity contribution in [2.45, 2.75) is 0 Å². The topological polar surface area (TPSA) is 29.4 Å². The summed E-state index contributed by atoms with van der Waals surface area (Å²) in [5.74, 6) is -0.00908. The molecule has 1 unspecified atom stereocenters. The first-order valence-corrected chi connectivity index (χ1v) is 4.58. The van der Waals surface area contributed by atoms with E-state index in [1.54, 1.807) is 0 Å². The Morgan fingerprint density at radius 3 is 3.08 bits per heavy atom. The van der Waals surface area contributed by atoms with E-state index in [0.717, 1.165) is 5.57 Å². The molecule has 1 aliphatic carbocycles. The van der Waals surface area contributed by atoms with Gasteiger partial charge < -0.3 is 0 Å². The number of hydrogen-bond donors (Lipinski definition) is 0. The van der Waals surface area contributed by atoms with Crippen LogP contribution >= 0.6 is 11.6 Å². The first kappa shape index (κ1) is 8.45. The molecule has 0 aromatic carbocycles. The van der Waals surface area contributed by atoms with Crippen LogP contribution in [0.2, 0.25) is 0 Å². The summed E-state index contributed by atoms with van der Waals surface area (Å²) in [6.45, 7) is 0. The van der Waals surface area contributed by atoms with Gasteiger partial charge in [0.25, 0.3) is 5.91 Å². The van der Waals surface area contributed by atoms with E-state index in [0.29, 0.717) is 11.6 Å². The highest BCUT2D eigenvalue weighted by atomic mass is 35.5. The zero-order valence-corrected chi connectivity index (χ0v) is 7.66. The largest absolute Gasteiger partial charge is 0.272 e. The molecule has 1 atom stereocenters. The van der Waals surface area contributed by atoms with Gasteiger partial charge in [0.15, 0.2) is 0 Å². The summed E-state index contributed by atoms with van der Waals surface area (Å²) < 4.78 is 0. The molecular formula is C10H8ClNO. The van der Waals surface area contributed by atoms with Gasteiger partial charge in [-0.3, -0.25) is 4.79 Å². The summed E-state index contributed by atoms with van der Waals surface area (Å²) in [4.78, 5) is 15.3. The fourth-order valence-corrected chi connectivity index (χ4v) is 1.56. The smallest absolute Gasteiger partial charge is 0.257 e. The van der Waals surface area contributed by atoms with Gasteiger partial charge in [-0.2, -0.15) is 0 Å². The number of alkyl halides is 1. The molecule has 0 aromatic rings. The van der Waals surface area contributed by atoms with Crippen LogP contribution < -0.4 is 0 Å². The van der Waals surface area contributed by atoms with Gasteiger partial charge in [-0.15, -0.1) is 11.6 Å². The first-order chi connectivity index (χ1) is 6.31. The molecular weight excluding hydrogens is 186 g/mol. The molecule has 1 amide bonds. The SMILES string of the molecule is O=C1N=C(CCl)C=C2C=CC=CC12. The molecule has 0 bridgehead atoms. The van der Waals surface area contributed by atoms with Gasteiger partial charge in [0, 0.05) is 0 Å². The van der Waals surface area contributed by atoms with Gasteiger partial charge in [-0.25, -0.2) is 4.99 Å². The molecule has 1 heterocycles. The van der Waals surface area contributed by atoms with Crippen molar-refractivity contribution in [3.05, 3.63) is 36.0 Å². The second-order valence-electron chi connectivity index (χ2n) is 2.94. The molecule has 0 aromatic heterocycles. The van der Waals surface area contributed by atoms with E-state index >= 15 is 0 Å². The number of nitrogens with zero attached hydrogens (tertiary/aromatic N) is 1. The first-order valence-electron chi connectivity index (χ1n) is 4.05. The summed E-state index contributed by atoms with van der Waals surface area (Å²) in [7, 11) is 0. The normalized spacial score (nSPS) is 25.3. The quantitative estimate of drug-likeness (QED) is 0.585. The Hall–Kier alpha value is -1.15. The lowest BCUT2D eigenvalue weighted by atomic mass is 9.91. The molecule has 0 saturated heterocycles. The highest BCUT2D eigenvalue weighted by molar-refractivity contribution is 6.32. The number of allylic oxidation sites excluding steroid dienone is 4. The number of carbonyl (C=O) groups excluding carboxylic acids is 1.